The summed E-state index contributed by atoms with van der Waals surface area (Å²) in [6.07, 6.45) is 2.08. The van der Waals surface area contributed by atoms with Gasteiger partial charge in [-0.3, -0.25) is 0 Å². The summed E-state index contributed by atoms with van der Waals surface area (Å²) in [5, 5.41) is 0. The lowest BCUT2D eigenvalue weighted by Gasteiger charge is -2.12. The van der Waals surface area contributed by atoms with Gasteiger partial charge in [-0.15, -0.1) is 11.6 Å². The summed E-state index contributed by atoms with van der Waals surface area (Å²) < 4.78 is 10.9. The van der Waals surface area contributed by atoms with Gasteiger partial charge in [0.15, 0.2) is 0 Å². The molecule has 0 amide bonds. The first-order chi connectivity index (χ1) is 5.35. The molecular formula is C7H17ClO2Si. The van der Waals surface area contributed by atoms with Crippen LogP contribution in [0, 0.1) is 0 Å². The molecule has 0 aliphatic rings. The molecule has 0 aromatic carbocycles. The van der Waals surface area contributed by atoms with Gasteiger partial charge >= 0.3 is 9.28 Å². The lowest BCUT2D eigenvalue weighted by atomic mass is 10.5. The molecule has 0 saturated carbocycles. The van der Waals surface area contributed by atoms with Crippen LogP contribution in [-0.4, -0.2) is 28.0 Å². The van der Waals surface area contributed by atoms with Crippen LogP contribution in [-0.2, 0) is 8.85 Å². The number of hydrogen-bond acceptors (Lipinski definition) is 2. The highest BCUT2D eigenvalue weighted by Crippen LogP contribution is 1.95. The molecule has 0 spiro atoms. The fraction of sp³-hybridized carbons (Fsp3) is 1.00. The molecule has 0 heterocycles. The van der Waals surface area contributed by atoms with Crippen LogP contribution in [0.3, 0.4) is 0 Å². The van der Waals surface area contributed by atoms with E-state index in [2.05, 4.69) is 13.8 Å². The van der Waals surface area contributed by atoms with Gasteiger partial charge in [-0.2, -0.15) is 0 Å². The highest BCUT2D eigenvalue weighted by Gasteiger charge is 2.09. The van der Waals surface area contributed by atoms with Gasteiger partial charge in [-0.1, -0.05) is 13.8 Å². The summed E-state index contributed by atoms with van der Waals surface area (Å²) in [4.78, 5) is 0. The molecule has 0 aliphatic carbocycles. The van der Waals surface area contributed by atoms with E-state index in [1.807, 2.05) is 0 Å². The molecule has 0 aromatic heterocycles. The molecule has 0 aromatic rings. The maximum Gasteiger partial charge on any atom is 0.336 e. The SMILES string of the molecule is CCCO[SiH](CCl)OCCC. The Labute approximate surface area is 75.7 Å². The van der Waals surface area contributed by atoms with Gasteiger partial charge in [0, 0.05) is 13.2 Å². The molecule has 0 unspecified atom stereocenters. The normalized spacial score (nSPS) is 10.9. The van der Waals surface area contributed by atoms with Gasteiger partial charge in [0.2, 0.25) is 0 Å². The Morgan fingerprint density at radius 3 is 1.82 bits per heavy atom. The van der Waals surface area contributed by atoms with Crippen LogP contribution >= 0.6 is 11.6 Å². The summed E-state index contributed by atoms with van der Waals surface area (Å²) in [5.41, 5.74) is 0.556. The van der Waals surface area contributed by atoms with Gasteiger partial charge in [0.05, 0.1) is 5.50 Å². The first-order valence-corrected chi connectivity index (χ1v) is 6.43. The van der Waals surface area contributed by atoms with Crippen molar-refractivity contribution < 1.29 is 8.85 Å². The van der Waals surface area contributed by atoms with Gasteiger partial charge < -0.3 is 8.85 Å². The second-order valence-electron chi connectivity index (χ2n) is 2.33. The van der Waals surface area contributed by atoms with Gasteiger partial charge in [-0.05, 0) is 12.8 Å². The Bertz CT molecular complexity index is 74.8. The Morgan fingerprint density at radius 1 is 1.09 bits per heavy atom. The number of rotatable bonds is 7. The summed E-state index contributed by atoms with van der Waals surface area (Å²) in [7, 11) is -1.48. The van der Waals surface area contributed by atoms with Crippen molar-refractivity contribution in [2.24, 2.45) is 0 Å². The van der Waals surface area contributed by atoms with Crippen molar-refractivity contribution in [2.75, 3.05) is 18.7 Å². The molecule has 0 bridgehead atoms. The molecule has 0 aliphatic heterocycles. The van der Waals surface area contributed by atoms with Crippen LogP contribution in [0.5, 0.6) is 0 Å². The predicted octanol–water partition coefficient (Wildman–Crippen LogP) is 1.84. The van der Waals surface area contributed by atoms with E-state index < -0.39 is 9.28 Å². The molecular weight excluding hydrogens is 180 g/mol. The first-order valence-electron chi connectivity index (χ1n) is 4.14. The third-order valence-corrected chi connectivity index (χ3v) is 3.36. The highest BCUT2D eigenvalue weighted by molar-refractivity contribution is 6.56. The minimum atomic E-state index is -1.48. The van der Waals surface area contributed by atoms with Crippen LogP contribution in [0.4, 0.5) is 0 Å². The molecule has 4 heteroatoms. The third-order valence-electron chi connectivity index (χ3n) is 1.14. The van der Waals surface area contributed by atoms with Crippen molar-refractivity contribution >= 4 is 20.9 Å². The highest BCUT2D eigenvalue weighted by atomic mass is 35.5. The van der Waals surface area contributed by atoms with Crippen molar-refractivity contribution in [3.8, 4) is 0 Å². The van der Waals surface area contributed by atoms with Crippen LogP contribution in [0.2, 0.25) is 0 Å². The molecule has 2 nitrogen and oxygen atoms in total. The molecule has 11 heavy (non-hydrogen) atoms. The van der Waals surface area contributed by atoms with Crippen LogP contribution in [0.1, 0.15) is 26.7 Å². The molecule has 0 atom stereocenters. The van der Waals surface area contributed by atoms with E-state index in [1.165, 1.54) is 0 Å². The second-order valence-corrected chi connectivity index (χ2v) is 5.09. The van der Waals surface area contributed by atoms with Gasteiger partial charge in [0.1, 0.15) is 0 Å². The van der Waals surface area contributed by atoms with Crippen molar-refractivity contribution in [2.45, 2.75) is 26.7 Å². The Morgan fingerprint density at radius 2 is 1.55 bits per heavy atom. The lowest BCUT2D eigenvalue weighted by Crippen LogP contribution is -2.26. The van der Waals surface area contributed by atoms with E-state index >= 15 is 0 Å². The number of halogens is 1. The summed E-state index contributed by atoms with van der Waals surface area (Å²) in [6, 6.07) is 0. The van der Waals surface area contributed by atoms with Gasteiger partial charge in [-0.25, -0.2) is 0 Å². The predicted molar refractivity (Wildman–Crippen MR) is 50.4 cm³/mol. The standard InChI is InChI=1S/C7H17ClO2Si/c1-3-5-9-11(7-8)10-6-4-2/h11H,3-7H2,1-2H3. The fourth-order valence-corrected chi connectivity index (χ4v) is 2.44. The molecule has 0 fully saturated rings. The van der Waals surface area contributed by atoms with Crippen molar-refractivity contribution in [1.82, 2.24) is 0 Å². The summed E-state index contributed by atoms with van der Waals surface area (Å²) in [5.74, 6) is 0. The summed E-state index contributed by atoms with van der Waals surface area (Å²) in [6.45, 7) is 5.74. The topological polar surface area (TPSA) is 18.5 Å². The summed E-state index contributed by atoms with van der Waals surface area (Å²) >= 11 is 5.65. The average molecular weight is 197 g/mol. The molecule has 0 radical (unpaired) electrons. The van der Waals surface area contributed by atoms with Crippen LogP contribution in [0.15, 0.2) is 0 Å². The number of alkyl halides is 1. The van der Waals surface area contributed by atoms with Crippen molar-refractivity contribution in [3.05, 3.63) is 0 Å². The minimum Gasteiger partial charge on any atom is -0.396 e. The maximum absolute atomic E-state index is 5.65. The van der Waals surface area contributed by atoms with E-state index in [9.17, 15) is 0 Å². The quantitative estimate of drug-likeness (QED) is 0.457. The second kappa shape index (κ2) is 8.52. The van der Waals surface area contributed by atoms with Gasteiger partial charge in [0.25, 0.3) is 0 Å². The minimum absolute atomic E-state index is 0.556. The smallest absolute Gasteiger partial charge is 0.336 e. The molecule has 0 saturated heterocycles. The first kappa shape index (κ1) is 11.4. The molecule has 0 rings (SSSR count). The van der Waals surface area contributed by atoms with Crippen LogP contribution < -0.4 is 0 Å². The molecule has 0 N–H and O–H groups in total. The van der Waals surface area contributed by atoms with E-state index in [-0.39, 0.29) is 0 Å². The van der Waals surface area contributed by atoms with E-state index in [1.54, 1.807) is 0 Å². The lowest BCUT2D eigenvalue weighted by molar-refractivity contribution is 0.201. The third kappa shape index (κ3) is 6.81. The fourth-order valence-electron chi connectivity index (χ4n) is 0.636. The zero-order chi connectivity index (χ0) is 8.53. The Balaban J connectivity index is 3.25. The van der Waals surface area contributed by atoms with Crippen molar-refractivity contribution in [3.63, 3.8) is 0 Å². The van der Waals surface area contributed by atoms with E-state index in [4.69, 9.17) is 20.5 Å². The average Bonchev–Trinajstić information content (AvgIpc) is 2.05. The van der Waals surface area contributed by atoms with E-state index in [0.29, 0.717) is 5.50 Å². The zero-order valence-corrected chi connectivity index (χ0v) is 9.22. The monoisotopic (exact) mass is 196 g/mol. The molecule has 68 valence electrons. The Kier molecular flexibility index (Phi) is 8.85. The van der Waals surface area contributed by atoms with Crippen LogP contribution in [0.25, 0.3) is 0 Å². The zero-order valence-electron chi connectivity index (χ0n) is 7.31. The number of hydrogen-bond donors (Lipinski definition) is 0. The van der Waals surface area contributed by atoms with E-state index in [0.717, 1.165) is 26.1 Å². The largest absolute Gasteiger partial charge is 0.396 e. The Hall–Kier alpha value is 0.427. The van der Waals surface area contributed by atoms with Crippen molar-refractivity contribution in [1.29, 1.82) is 0 Å². The maximum atomic E-state index is 5.65.